The fourth-order valence-electron chi connectivity index (χ4n) is 5.55. The monoisotopic (exact) mass is 517 g/mol. The van der Waals surface area contributed by atoms with Gasteiger partial charge >= 0.3 is 0 Å². The predicted molar refractivity (Wildman–Crippen MR) is 141 cm³/mol. The molecule has 6 rings (SSSR count). The quantitative estimate of drug-likeness (QED) is 0.419. The molecule has 7 heteroatoms. The lowest BCUT2D eigenvalue weighted by Crippen LogP contribution is -2.35. The molecule has 37 heavy (non-hydrogen) atoms. The molecule has 0 N–H and O–H groups in total. The summed E-state index contributed by atoms with van der Waals surface area (Å²) in [5, 5.41) is 0. The number of nitrogens with zero attached hydrogens (tertiary/aromatic N) is 1. The molecular formula is C30H31NO5S. The Balaban J connectivity index is 1.22. The van der Waals surface area contributed by atoms with Crippen molar-refractivity contribution in [2.24, 2.45) is 0 Å². The van der Waals surface area contributed by atoms with Gasteiger partial charge in [-0.3, -0.25) is 4.79 Å². The zero-order valence-corrected chi connectivity index (χ0v) is 21.9. The van der Waals surface area contributed by atoms with Gasteiger partial charge in [-0.2, -0.15) is 4.31 Å². The van der Waals surface area contributed by atoms with E-state index in [0.29, 0.717) is 30.2 Å². The number of Topliss-reactive ketones (excluding diaryl/α,β-unsaturated/α-hetero) is 1. The molecule has 0 spiro atoms. The summed E-state index contributed by atoms with van der Waals surface area (Å²) < 4.78 is 38.6. The molecule has 3 aromatic rings. The average Bonchev–Trinajstić information content (AvgIpc) is 3.61. The minimum Gasteiger partial charge on any atom is -0.454 e. The number of sulfonamides is 1. The number of ketones is 1. The van der Waals surface area contributed by atoms with Crippen LogP contribution in [0.1, 0.15) is 48.8 Å². The lowest BCUT2D eigenvalue weighted by molar-refractivity contribution is -0.120. The van der Waals surface area contributed by atoms with Crippen molar-refractivity contribution in [3.05, 3.63) is 77.4 Å². The zero-order chi connectivity index (χ0) is 25.6. The molecule has 1 saturated carbocycles. The second-order valence-electron chi connectivity index (χ2n) is 10.4. The summed E-state index contributed by atoms with van der Waals surface area (Å²) in [7, 11) is -3.46. The third-order valence-corrected chi connectivity index (χ3v) is 9.91. The topological polar surface area (TPSA) is 72.9 Å². The molecule has 0 atom stereocenters. The Morgan fingerprint density at radius 2 is 1.62 bits per heavy atom. The number of ether oxygens (including phenoxy) is 2. The van der Waals surface area contributed by atoms with E-state index in [1.54, 1.807) is 16.4 Å². The van der Waals surface area contributed by atoms with E-state index in [4.69, 9.17) is 9.47 Å². The zero-order valence-electron chi connectivity index (χ0n) is 21.0. The molecule has 0 aromatic heterocycles. The number of rotatable bonds is 7. The fraction of sp³-hybridized carbons (Fsp3) is 0.367. The van der Waals surface area contributed by atoms with E-state index in [1.165, 1.54) is 0 Å². The van der Waals surface area contributed by atoms with E-state index >= 15 is 0 Å². The Labute approximate surface area is 218 Å². The van der Waals surface area contributed by atoms with Crippen LogP contribution in [0.25, 0.3) is 11.1 Å². The molecule has 0 radical (unpaired) electrons. The van der Waals surface area contributed by atoms with Gasteiger partial charge in [-0.25, -0.2) is 8.42 Å². The third-order valence-electron chi connectivity index (χ3n) is 7.99. The SMILES string of the molecule is Cc1ccc(CC(=O)C2(c3ccc4c(c3)OCO4)CC2)cc1-c1ccc(S(=O)(=O)N2CCCCC2)cc1. The Kier molecular flexibility index (Phi) is 6.08. The Morgan fingerprint density at radius 3 is 2.35 bits per heavy atom. The van der Waals surface area contributed by atoms with Gasteiger partial charge in [0.05, 0.1) is 10.3 Å². The molecule has 6 nitrogen and oxygen atoms in total. The van der Waals surface area contributed by atoms with Crippen LogP contribution in [0.15, 0.2) is 65.6 Å². The Bertz CT molecular complexity index is 1450. The van der Waals surface area contributed by atoms with Crippen molar-refractivity contribution >= 4 is 15.8 Å². The van der Waals surface area contributed by atoms with Crippen LogP contribution >= 0.6 is 0 Å². The van der Waals surface area contributed by atoms with Crippen LogP contribution in [-0.4, -0.2) is 38.4 Å². The van der Waals surface area contributed by atoms with Gasteiger partial charge in [0.25, 0.3) is 0 Å². The second kappa shape index (κ2) is 9.30. The highest BCUT2D eigenvalue weighted by Crippen LogP contribution is 2.51. The number of aryl methyl sites for hydroxylation is 1. The van der Waals surface area contributed by atoms with E-state index in [9.17, 15) is 13.2 Å². The van der Waals surface area contributed by atoms with Crippen molar-refractivity contribution in [2.75, 3.05) is 19.9 Å². The molecule has 2 heterocycles. The molecule has 3 aromatic carbocycles. The normalized spacial score (nSPS) is 18.5. The van der Waals surface area contributed by atoms with Gasteiger partial charge in [0.15, 0.2) is 11.5 Å². The number of benzene rings is 3. The molecule has 192 valence electrons. The van der Waals surface area contributed by atoms with Crippen molar-refractivity contribution in [1.82, 2.24) is 4.31 Å². The van der Waals surface area contributed by atoms with E-state index in [2.05, 4.69) is 6.07 Å². The fourth-order valence-corrected chi connectivity index (χ4v) is 7.07. The third kappa shape index (κ3) is 4.44. The molecule has 2 fully saturated rings. The van der Waals surface area contributed by atoms with Gasteiger partial charge < -0.3 is 9.47 Å². The lowest BCUT2D eigenvalue weighted by Gasteiger charge is -2.25. The number of carbonyl (C=O) groups excluding carboxylic acids is 1. The minimum atomic E-state index is -3.46. The van der Waals surface area contributed by atoms with Crippen molar-refractivity contribution in [1.29, 1.82) is 0 Å². The summed E-state index contributed by atoms with van der Waals surface area (Å²) >= 11 is 0. The maximum Gasteiger partial charge on any atom is 0.243 e. The number of hydrogen-bond donors (Lipinski definition) is 0. The van der Waals surface area contributed by atoms with Crippen LogP contribution in [-0.2, 0) is 26.7 Å². The first kappa shape index (κ1) is 24.2. The number of fused-ring (bicyclic) bond motifs is 1. The summed E-state index contributed by atoms with van der Waals surface area (Å²) in [6.07, 6.45) is 4.95. The maximum atomic E-state index is 13.5. The summed E-state index contributed by atoms with van der Waals surface area (Å²) in [5.74, 6) is 1.65. The van der Waals surface area contributed by atoms with Gasteiger partial charge in [-0.15, -0.1) is 0 Å². The number of carbonyl (C=O) groups is 1. The highest BCUT2D eigenvalue weighted by Gasteiger charge is 2.50. The van der Waals surface area contributed by atoms with Crippen LogP contribution in [0, 0.1) is 6.92 Å². The van der Waals surface area contributed by atoms with Gasteiger partial charge in [0.1, 0.15) is 5.78 Å². The predicted octanol–water partition coefficient (Wildman–Crippen LogP) is 5.41. The molecule has 1 saturated heterocycles. The van der Waals surface area contributed by atoms with E-state index in [0.717, 1.165) is 65.7 Å². The molecule has 0 bridgehead atoms. The summed E-state index contributed by atoms with van der Waals surface area (Å²) in [4.78, 5) is 13.8. The first-order chi connectivity index (χ1) is 17.9. The first-order valence-corrected chi connectivity index (χ1v) is 14.4. The average molecular weight is 518 g/mol. The summed E-state index contributed by atoms with van der Waals surface area (Å²) in [5.41, 5.74) is 4.56. The largest absolute Gasteiger partial charge is 0.454 e. The number of piperidine rings is 1. The van der Waals surface area contributed by atoms with Crippen LogP contribution in [0.5, 0.6) is 11.5 Å². The van der Waals surface area contributed by atoms with Gasteiger partial charge in [-0.05, 0) is 84.7 Å². The second-order valence-corrected chi connectivity index (χ2v) is 12.3. The van der Waals surface area contributed by atoms with E-state index in [1.807, 2.05) is 49.4 Å². The molecule has 3 aliphatic rings. The highest BCUT2D eigenvalue weighted by atomic mass is 32.2. The summed E-state index contributed by atoms with van der Waals surface area (Å²) in [6.45, 7) is 3.44. The van der Waals surface area contributed by atoms with Gasteiger partial charge in [0, 0.05) is 19.5 Å². The molecule has 0 amide bonds. The van der Waals surface area contributed by atoms with Crippen LogP contribution in [0.3, 0.4) is 0 Å². The van der Waals surface area contributed by atoms with Crippen LogP contribution in [0.2, 0.25) is 0 Å². The minimum absolute atomic E-state index is 0.212. The van der Waals surface area contributed by atoms with Gasteiger partial charge in [-0.1, -0.05) is 42.8 Å². The van der Waals surface area contributed by atoms with Crippen molar-refractivity contribution in [2.45, 2.75) is 55.8 Å². The van der Waals surface area contributed by atoms with Crippen molar-refractivity contribution in [3.8, 4) is 22.6 Å². The van der Waals surface area contributed by atoms with Crippen molar-refractivity contribution in [3.63, 3.8) is 0 Å². The Hall–Kier alpha value is -3.16. The molecule has 2 aliphatic heterocycles. The van der Waals surface area contributed by atoms with Crippen LogP contribution in [0.4, 0.5) is 0 Å². The van der Waals surface area contributed by atoms with E-state index in [-0.39, 0.29) is 12.6 Å². The van der Waals surface area contributed by atoms with Crippen LogP contribution < -0.4 is 9.47 Å². The highest BCUT2D eigenvalue weighted by molar-refractivity contribution is 7.89. The molecular weight excluding hydrogens is 486 g/mol. The molecule has 1 aliphatic carbocycles. The number of hydrogen-bond acceptors (Lipinski definition) is 5. The maximum absolute atomic E-state index is 13.5. The summed E-state index contributed by atoms with van der Waals surface area (Å²) in [6, 6.07) is 19.1. The lowest BCUT2D eigenvalue weighted by atomic mass is 9.87. The van der Waals surface area contributed by atoms with E-state index < -0.39 is 15.4 Å². The standard InChI is InChI=1S/C30H31NO5S/c1-21-5-6-22(18-29(32)30(13-14-30)24-9-12-27-28(19-24)36-20-35-27)17-26(21)23-7-10-25(11-8-23)37(33,34)31-15-3-2-4-16-31/h5-12,17,19H,2-4,13-16,18,20H2,1H3. The smallest absolute Gasteiger partial charge is 0.243 e. The Morgan fingerprint density at radius 1 is 0.892 bits per heavy atom. The van der Waals surface area contributed by atoms with Gasteiger partial charge in [0.2, 0.25) is 16.8 Å². The van der Waals surface area contributed by atoms with Crippen molar-refractivity contribution < 1.29 is 22.7 Å². The molecule has 0 unspecified atom stereocenters. The first-order valence-electron chi connectivity index (χ1n) is 13.0.